The Morgan fingerprint density at radius 3 is 2.64 bits per heavy atom. The van der Waals surface area contributed by atoms with Gasteiger partial charge in [0.2, 0.25) is 5.91 Å². The number of rotatable bonds is 7. The summed E-state index contributed by atoms with van der Waals surface area (Å²) in [6.45, 7) is 5.70. The molecule has 1 aliphatic rings. The number of methoxy groups -OCH3 is 1. The molecule has 0 unspecified atom stereocenters. The highest BCUT2D eigenvalue weighted by Gasteiger charge is 2.24. The lowest BCUT2D eigenvalue weighted by atomic mass is 10.2. The second kappa shape index (κ2) is 9.77. The van der Waals surface area contributed by atoms with E-state index in [1.165, 1.54) is 5.56 Å². The zero-order valence-corrected chi connectivity index (χ0v) is 19.2. The van der Waals surface area contributed by atoms with Gasteiger partial charge >= 0.3 is 6.03 Å². The Kier molecular flexibility index (Phi) is 6.63. The van der Waals surface area contributed by atoms with Gasteiger partial charge in [-0.3, -0.25) is 9.48 Å². The minimum absolute atomic E-state index is 0.0882. The molecule has 2 heterocycles. The van der Waals surface area contributed by atoms with Crippen molar-refractivity contribution in [2.45, 2.75) is 39.8 Å². The number of hydrogen-bond donors (Lipinski definition) is 2. The van der Waals surface area contributed by atoms with E-state index in [1.54, 1.807) is 30.2 Å². The van der Waals surface area contributed by atoms with Crippen molar-refractivity contribution in [1.82, 2.24) is 15.1 Å². The molecule has 1 saturated heterocycles. The fourth-order valence-corrected chi connectivity index (χ4v) is 4.13. The zero-order chi connectivity index (χ0) is 23.4. The first kappa shape index (κ1) is 22.4. The molecular weight excluding hydrogens is 418 g/mol. The van der Waals surface area contributed by atoms with E-state index < -0.39 is 0 Å². The SMILES string of the molecule is COc1cc(NC(=O)NCc2c(C)nn(Cc3ccccc3)c2C)ccc1N1CCCC1=O. The number of amides is 3. The van der Waals surface area contributed by atoms with Gasteiger partial charge in [-0.15, -0.1) is 0 Å². The van der Waals surface area contributed by atoms with Crippen molar-refractivity contribution in [3.8, 4) is 5.75 Å². The number of nitrogens with zero attached hydrogens (tertiary/aromatic N) is 3. The second-order valence-electron chi connectivity index (χ2n) is 8.14. The van der Waals surface area contributed by atoms with Crippen LogP contribution in [0.25, 0.3) is 0 Å². The highest BCUT2D eigenvalue weighted by Crippen LogP contribution is 2.33. The largest absolute Gasteiger partial charge is 0.494 e. The molecule has 8 nitrogen and oxygen atoms in total. The van der Waals surface area contributed by atoms with E-state index in [2.05, 4.69) is 27.9 Å². The summed E-state index contributed by atoms with van der Waals surface area (Å²) in [5, 5.41) is 10.4. The van der Waals surface area contributed by atoms with Crippen LogP contribution >= 0.6 is 0 Å². The standard InChI is InChI=1S/C25H29N5O3/c1-17-21(18(2)30(28-17)16-19-8-5-4-6-9-19)15-26-25(32)27-20-11-12-22(23(14-20)33-3)29-13-7-10-24(29)31/h4-6,8-9,11-12,14H,7,10,13,15-16H2,1-3H3,(H2,26,27,32). The lowest BCUT2D eigenvalue weighted by molar-refractivity contribution is -0.117. The number of carbonyl (C=O) groups is 2. The summed E-state index contributed by atoms with van der Waals surface area (Å²) < 4.78 is 7.43. The van der Waals surface area contributed by atoms with Gasteiger partial charge in [0, 0.05) is 42.5 Å². The van der Waals surface area contributed by atoms with E-state index in [0.717, 1.165) is 29.1 Å². The average Bonchev–Trinajstić information content (AvgIpc) is 3.35. The Labute approximate surface area is 193 Å². The topological polar surface area (TPSA) is 88.5 Å². The Morgan fingerprint density at radius 1 is 1.15 bits per heavy atom. The molecule has 0 atom stereocenters. The Morgan fingerprint density at radius 2 is 1.94 bits per heavy atom. The molecule has 3 aromatic rings. The fraction of sp³-hybridized carbons (Fsp3) is 0.320. The highest BCUT2D eigenvalue weighted by molar-refractivity contribution is 5.97. The quantitative estimate of drug-likeness (QED) is 0.573. The van der Waals surface area contributed by atoms with E-state index in [4.69, 9.17) is 4.74 Å². The van der Waals surface area contributed by atoms with Crippen LogP contribution in [0.4, 0.5) is 16.2 Å². The second-order valence-corrected chi connectivity index (χ2v) is 8.14. The van der Waals surface area contributed by atoms with Crippen LogP contribution in [0.5, 0.6) is 5.75 Å². The normalized spacial score (nSPS) is 13.3. The van der Waals surface area contributed by atoms with E-state index in [1.807, 2.05) is 36.7 Å². The lowest BCUT2D eigenvalue weighted by Crippen LogP contribution is -2.29. The van der Waals surface area contributed by atoms with Crippen molar-refractivity contribution >= 4 is 23.3 Å². The van der Waals surface area contributed by atoms with Crippen LogP contribution in [0.15, 0.2) is 48.5 Å². The van der Waals surface area contributed by atoms with E-state index in [9.17, 15) is 9.59 Å². The molecule has 0 aliphatic carbocycles. The van der Waals surface area contributed by atoms with Gasteiger partial charge in [-0.2, -0.15) is 5.10 Å². The zero-order valence-electron chi connectivity index (χ0n) is 19.2. The molecule has 0 spiro atoms. The van der Waals surface area contributed by atoms with Crippen LogP contribution < -0.4 is 20.3 Å². The summed E-state index contributed by atoms with van der Waals surface area (Å²) in [4.78, 5) is 26.3. The highest BCUT2D eigenvalue weighted by atomic mass is 16.5. The minimum atomic E-state index is -0.323. The van der Waals surface area contributed by atoms with Gasteiger partial charge in [0.15, 0.2) is 0 Å². The number of hydrogen-bond acceptors (Lipinski definition) is 4. The lowest BCUT2D eigenvalue weighted by Gasteiger charge is -2.19. The third-order valence-electron chi connectivity index (χ3n) is 5.93. The molecule has 0 saturated carbocycles. The molecule has 172 valence electrons. The van der Waals surface area contributed by atoms with Crippen LogP contribution in [-0.2, 0) is 17.9 Å². The predicted octanol–water partition coefficient (Wildman–Crippen LogP) is 4.01. The van der Waals surface area contributed by atoms with E-state index >= 15 is 0 Å². The van der Waals surface area contributed by atoms with Crippen molar-refractivity contribution < 1.29 is 14.3 Å². The first-order valence-corrected chi connectivity index (χ1v) is 11.1. The third kappa shape index (κ3) is 5.00. The number of benzene rings is 2. The number of aryl methyl sites for hydroxylation is 1. The summed E-state index contributed by atoms with van der Waals surface area (Å²) >= 11 is 0. The number of nitrogens with one attached hydrogen (secondary N) is 2. The molecule has 1 aliphatic heterocycles. The maximum atomic E-state index is 12.5. The first-order valence-electron chi connectivity index (χ1n) is 11.1. The van der Waals surface area contributed by atoms with Crippen molar-refractivity contribution in [2.75, 3.05) is 23.9 Å². The summed E-state index contributed by atoms with van der Waals surface area (Å²) in [7, 11) is 1.56. The maximum absolute atomic E-state index is 12.5. The van der Waals surface area contributed by atoms with Gasteiger partial charge in [-0.05, 0) is 38.0 Å². The number of anilines is 2. The van der Waals surface area contributed by atoms with Gasteiger partial charge in [0.25, 0.3) is 0 Å². The van der Waals surface area contributed by atoms with Gasteiger partial charge in [-0.1, -0.05) is 30.3 Å². The number of carbonyl (C=O) groups excluding carboxylic acids is 2. The Hall–Kier alpha value is -3.81. The van der Waals surface area contributed by atoms with Gasteiger partial charge in [0.05, 0.1) is 25.0 Å². The smallest absolute Gasteiger partial charge is 0.319 e. The van der Waals surface area contributed by atoms with Crippen LogP contribution in [0, 0.1) is 13.8 Å². The average molecular weight is 448 g/mol. The molecule has 4 rings (SSSR count). The maximum Gasteiger partial charge on any atom is 0.319 e. The number of ether oxygens (including phenoxy) is 1. The summed E-state index contributed by atoms with van der Waals surface area (Å²) in [6, 6.07) is 15.1. The van der Waals surface area contributed by atoms with Crippen LogP contribution in [0.3, 0.4) is 0 Å². The Balaban J connectivity index is 1.39. The van der Waals surface area contributed by atoms with Crippen LogP contribution in [-0.4, -0.2) is 35.4 Å². The molecule has 2 aromatic carbocycles. The van der Waals surface area contributed by atoms with Crippen molar-refractivity contribution in [2.24, 2.45) is 0 Å². The molecule has 3 amide bonds. The molecular formula is C25H29N5O3. The molecule has 0 radical (unpaired) electrons. The predicted molar refractivity (Wildman–Crippen MR) is 128 cm³/mol. The number of aromatic nitrogens is 2. The monoisotopic (exact) mass is 447 g/mol. The van der Waals surface area contributed by atoms with E-state index in [-0.39, 0.29) is 11.9 Å². The summed E-state index contributed by atoms with van der Waals surface area (Å²) in [6.07, 6.45) is 1.39. The first-order chi connectivity index (χ1) is 16.0. The molecule has 1 aromatic heterocycles. The van der Waals surface area contributed by atoms with Crippen molar-refractivity contribution in [1.29, 1.82) is 0 Å². The van der Waals surface area contributed by atoms with Crippen LogP contribution in [0.1, 0.15) is 35.4 Å². The molecule has 8 heteroatoms. The molecule has 2 N–H and O–H groups in total. The third-order valence-corrected chi connectivity index (χ3v) is 5.93. The summed E-state index contributed by atoms with van der Waals surface area (Å²) in [5.74, 6) is 0.641. The summed E-state index contributed by atoms with van der Waals surface area (Å²) in [5.41, 5.74) is 5.41. The minimum Gasteiger partial charge on any atom is -0.494 e. The molecule has 0 bridgehead atoms. The number of urea groups is 1. The van der Waals surface area contributed by atoms with Crippen molar-refractivity contribution in [3.05, 3.63) is 71.0 Å². The van der Waals surface area contributed by atoms with Crippen LogP contribution in [0.2, 0.25) is 0 Å². The van der Waals surface area contributed by atoms with Gasteiger partial charge < -0.3 is 20.3 Å². The van der Waals surface area contributed by atoms with Crippen molar-refractivity contribution in [3.63, 3.8) is 0 Å². The fourth-order valence-electron chi connectivity index (χ4n) is 4.13. The molecule has 1 fully saturated rings. The molecule has 33 heavy (non-hydrogen) atoms. The van der Waals surface area contributed by atoms with Gasteiger partial charge in [-0.25, -0.2) is 4.79 Å². The van der Waals surface area contributed by atoms with E-state index in [0.29, 0.717) is 37.5 Å². The van der Waals surface area contributed by atoms with Gasteiger partial charge in [0.1, 0.15) is 5.75 Å². The Bertz CT molecular complexity index is 1160.